The maximum absolute atomic E-state index is 12.9. The number of amides is 2. The molecule has 104 valence electrons. The van der Waals surface area contributed by atoms with E-state index in [9.17, 15) is 14.3 Å². The molecule has 1 atom stereocenters. The summed E-state index contributed by atoms with van der Waals surface area (Å²) < 4.78 is 12.9. The molecule has 1 saturated heterocycles. The summed E-state index contributed by atoms with van der Waals surface area (Å²) in [6, 6.07) is 5.72. The van der Waals surface area contributed by atoms with Crippen LogP contribution in [0, 0.1) is 5.82 Å². The molecule has 2 amide bonds. The molecule has 19 heavy (non-hydrogen) atoms. The summed E-state index contributed by atoms with van der Waals surface area (Å²) in [5, 5.41) is 15.3. The molecule has 1 fully saturated rings. The van der Waals surface area contributed by atoms with E-state index in [2.05, 4.69) is 10.6 Å². The Labute approximate surface area is 115 Å². The van der Waals surface area contributed by atoms with Crippen LogP contribution in [0.3, 0.4) is 0 Å². The second kappa shape index (κ2) is 6.25. The number of halogens is 1. The van der Waals surface area contributed by atoms with Crippen molar-refractivity contribution in [1.29, 1.82) is 0 Å². The van der Waals surface area contributed by atoms with Crippen molar-refractivity contribution in [2.75, 3.05) is 18.1 Å². The topological polar surface area (TPSA) is 61.4 Å². The molecule has 2 rings (SSSR count). The standard InChI is InChI=1S/C13H17FN2O2S/c14-11-3-1-2-10(6-11)7-15-12(17)16-8-13(18)4-5-19-9-13/h1-3,6,18H,4-5,7-9H2,(H2,15,16,17). The smallest absolute Gasteiger partial charge is 0.315 e. The summed E-state index contributed by atoms with van der Waals surface area (Å²) >= 11 is 1.68. The fraction of sp³-hybridized carbons (Fsp3) is 0.462. The molecule has 0 bridgehead atoms. The summed E-state index contributed by atoms with van der Waals surface area (Å²) in [5.74, 6) is 1.25. The lowest BCUT2D eigenvalue weighted by molar-refractivity contribution is 0.0700. The molecule has 1 aliphatic heterocycles. The maximum atomic E-state index is 12.9. The van der Waals surface area contributed by atoms with E-state index in [1.165, 1.54) is 12.1 Å². The zero-order valence-electron chi connectivity index (χ0n) is 10.5. The first-order valence-corrected chi connectivity index (χ1v) is 7.29. The molecule has 1 unspecified atom stereocenters. The van der Waals surface area contributed by atoms with Crippen LogP contribution in [0.2, 0.25) is 0 Å². The zero-order valence-corrected chi connectivity index (χ0v) is 11.3. The molecule has 6 heteroatoms. The minimum absolute atomic E-state index is 0.245. The van der Waals surface area contributed by atoms with Gasteiger partial charge in [0.1, 0.15) is 5.82 Å². The fourth-order valence-corrected chi connectivity index (χ4v) is 3.17. The first-order chi connectivity index (χ1) is 9.07. The Morgan fingerprint density at radius 1 is 1.47 bits per heavy atom. The van der Waals surface area contributed by atoms with Crippen LogP contribution in [-0.2, 0) is 6.54 Å². The van der Waals surface area contributed by atoms with Gasteiger partial charge in [0.05, 0.1) is 5.60 Å². The third kappa shape index (κ3) is 4.40. The first kappa shape index (κ1) is 14.1. The zero-order chi connectivity index (χ0) is 13.7. The van der Waals surface area contributed by atoms with Crippen LogP contribution in [0.4, 0.5) is 9.18 Å². The van der Waals surface area contributed by atoms with Gasteiger partial charge in [-0.3, -0.25) is 0 Å². The largest absolute Gasteiger partial charge is 0.387 e. The van der Waals surface area contributed by atoms with Crippen LogP contribution in [-0.4, -0.2) is 34.8 Å². The van der Waals surface area contributed by atoms with Crippen molar-refractivity contribution in [1.82, 2.24) is 10.6 Å². The number of thioether (sulfide) groups is 1. The Hall–Kier alpha value is -1.27. The third-order valence-corrected chi connectivity index (χ3v) is 4.24. The Bertz CT molecular complexity index is 450. The van der Waals surface area contributed by atoms with Crippen LogP contribution < -0.4 is 10.6 Å². The van der Waals surface area contributed by atoms with E-state index in [1.807, 2.05) is 0 Å². The lowest BCUT2D eigenvalue weighted by Crippen LogP contribution is -2.46. The summed E-state index contributed by atoms with van der Waals surface area (Å²) in [4.78, 5) is 11.6. The molecule has 0 spiro atoms. The van der Waals surface area contributed by atoms with E-state index in [0.29, 0.717) is 17.7 Å². The van der Waals surface area contributed by atoms with Gasteiger partial charge in [-0.15, -0.1) is 0 Å². The number of carbonyl (C=O) groups is 1. The van der Waals surface area contributed by atoms with Gasteiger partial charge in [-0.25, -0.2) is 9.18 Å². The van der Waals surface area contributed by atoms with E-state index < -0.39 is 5.60 Å². The summed E-state index contributed by atoms with van der Waals surface area (Å²) in [6.07, 6.45) is 0.696. The molecule has 0 radical (unpaired) electrons. The highest BCUT2D eigenvalue weighted by Crippen LogP contribution is 2.26. The van der Waals surface area contributed by atoms with Crippen molar-refractivity contribution in [3.8, 4) is 0 Å². The number of urea groups is 1. The predicted molar refractivity (Wildman–Crippen MR) is 73.5 cm³/mol. The summed E-state index contributed by atoms with van der Waals surface area (Å²) in [7, 11) is 0. The quantitative estimate of drug-likeness (QED) is 0.785. The van der Waals surface area contributed by atoms with Gasteiger partial charge in [-0.2, -0.15) is 11.8 Å². The van der Waals surface area contributed by atoms with Crippen molar-refractivity contribution in [3.05, 3.63) is 35.6 Å². The molecule has 1 aliphatic rings. The Balaban J connectivity index is 1.73. The highest BCUT2D eigenvalue weighted by atomic mass is 32.2. The van der Waals surface area contributed by atoms with Gasteiger partial charge in [0.2, 0.25) is 0 Å². The highest BCUT2D eigenvalue weighted by Gasteiger charge is 2.31. The van der Waals surface area contributed by atoms with Crippen LogP contribution in [0.15, 0.2) is 24.3 Å². The molecule has 1 aromatic carbocycles. The van der Waals surface area contributed by atoms with Gasteiger partial charge in [0.15, 0.2) is 0 Å². The van der Waals surface area contributed by atoms with Crippen molar-refractivity contribution >= 4 is 17.8 Å². The molecular weight excluding hydrogens is 267 g/mol. The van der Waals surface area contributed by atoms with Gasteiger partial charge < -0.3 is 15.7 Å². The van der Waals surface area contributed by atoms with E-state index in [4.69, 9.17) is 0 Å². The van der Waals surface area contributed by atoms with Gasteiger partial charge in [0.25, 0.3) is 0 Å². The molecule has 1 aromatic rings. The number of carbonyl (C=O) groups excluding carboxylic acids is 1. The van der Waals surface area contributed by atoms with E-state index >= 15 is 0 Å². The number of rotatable bonds is 4. The lowest BCUT2D eigenvalue weighted by atomic mass is 10.0. The Morgan fingerprint density at radius 2 is 2.32 bits per heavy atom. The molecule has 0 aromatic heterocycles. The number of hydrogen-bond donors (Lipinski definition) is 3. The van der Waals surface area contributed by atoms with E-state index in [1.54, 1.807) is 23.9 Å². The van der Waals surface area contributed by atoms with Crippen molar-refractivity contribution in [3.63, 3.8) is 0 Å². The van der Waals surface area contributed by atoms with E-state index in [-0.39, 0.29) is 24.9 Å². The van der Waals surface area contributed by atoms with Crippen LogP contribution in [0.5, 0.6) is 0 Å². The lowest BCUT2D eigenvalue weighted by Gasteiger charge is -2.21. The van der Waals surface area contributed by atoms with Gasteiger partial charge in [-0.1, -0.05) is 12.1 Å². The van der Waals surface area contributed by atoms with Crippen LogP contribution in [0.25, 0.3) is 0 Å². The summed E-state index contributed by atoms with van der Waals surface area (Å²) in [6.45, 7) is 0.506. The van der Waals surface area contributed by atoms with Gasteiger partial charge in [0, 0.05) is 18.8 Å². The van der Waals surface area contributed by atoms with Gasteiger partial charge >= 0.3 is 6.03 Å². The van der Waals surface area contributed by atoms with E-state index in [0.717, 1.165) is 5.75 Å². The predicted octanol–water partition coefficient (Wildman–Crippen LogP) is 1.49. The molecule has 4 nitrogen and oxygen atoms in total. The number of hydrogen-bond acceptors (Lipinski definition) is 3. The minimum Gasteiger partial charge on any atom is -0.387 e. The Morgan fingerprint density at radius 3 is 3.00 bits per heavy atom. The Kier molecular flexibility index (Phi) is 4.66. The fourth-order valence-electron chi connectivity index (χ4n) is 1.87. The molecular formula is C13H17FN2O2S. The number of nitrogens with one attached hydrogen (secondary N) is 2. The molecule has 1 heterocycles. The number of benzene rings is 1. The van der Waals surface area contributed by atoms with Crippen LogP contribution in [0.1, 0.15) is 12.0 Å². The van der Waals surface area contributed by atoms with Crippen molar-refractivity contribution in [2.24, 2.45) is 0 Å². The SMILES string of the molecule is O=C(NCc1cccc(F)c1)NCC1(O)CCSC1. The third-order valence-electron chi connectivity index (χ3n) is 3.00. The summed E-state index contributed by atoms with van der Waals surface area (Å²) in [5.41, 5.74) is -0.0915. The number of aliphatic hydroxyl groups is 1. The maximum Gasteiger partial charge on any atom is 0.315 e. The normalized spacial score (nSPS) is 22.2. The molecule has 0 saturated carbocycles. The second-order valence-corrected chi connectivity index (χ2v) is 5.80. The monoisotopic (exact) mass is 284 g/mol. The van der Waals surface area contributed by atoms with Crippen LogP contribution >= 0.6 is 11.8 Å². The highest BCUT2D eigenvalue weighted by molar-refractivity contribution is 7.99. The first-order valence-electron chi connectivity index (χ1n) is 6.14. The minimum atomic E-state index is -0.791. The average molecular weight is 284 g/mol. The van der Waals surface area contributed by atoms with Crippen molar-refractivity contribution < 1.29 is 14.3 Å². The van der Waals surface area contributed by atoms with Crippen molar-refractivity contribution in [2.45, 2.75) is 18.6 Å². The second-order valence-electron chi connectivity index (χ2n) is 4.69. The molecule has 3 N–H and O–H groups in total. The van der Waals surface area contributed by atoms with Gasteiger partial charge in [-0.05, 0) is 29.9 Å². The average Bonchev–Trinajstić information content (AvgIpc) is 2.82. The molecule has 0 aliphatic carbocycles.